The zero-order valence-corrected chi connectivity index (χ0v) is 14.2. The van der Waals surface area contributed by atoms with E-state index in [2.05, 4.69) is 4.98 Å². The van der Waals surface area contributed by atoms with Gasteiger partial charge in [0.1, 0.15) is 17.3 Å². The average molecular weight is 411 g/mol. The first-order valence-corrected chi connectivity index (χ1v) is 8.97. The van der Waals surface area contributed by atoms with Crippen molar-refractivity contribution in [3.63, 3.8) is 0 Å². The highest BCUT2D eigenvalue weighted by Gasteiger charge is 2.35. The van der Waals surface area contributed by atoms with Gasteiger partial charge in [-0.25, -0.2) is 17.2 Å². The summed E-state index contributed by atoms with van der Waals surface area (Å²) in [5.74, 6) is -9.68. The first-order chi connectivity index (χ1) is 12.6. The van der Waals surface area contributed by atoms with Gasteiger partial charge in [0.2, 0.25) is 21.7 Å². The molecule has 0 saturated carbocycles. The van der Waals surface area contributed by atoms with Crippen molar-refractivity contribution in [2.45, 2.75) is 4.90 Å². The molecule has 3 rings (SSSR count). The van der Waals surface area contributed by atoms with Gasteiger partial charge in [-0.1, -0.05) is 6.07 Å². The molecule has 27 heavy (non-hydrogen) atoms. The molecule has 5 nitrogen and oxygen atoms in total. The van der Waals surface area contributed by atoms with Crippen molar-refractivity contribution >= 4 is 15.7 Å². The molecule has 0 atom stereocenters. The van der Waals surface area contributed by atoms with E-state index in [9.17, 15) is 34.8 Å². The van der Waals surface area contributed by atoms with Crippen LogP contribution in [0.3, 0.4) is 0 Å². The summed E-state index contributed by atoms with van der Waals surface area (Å²) < 4.78 is 107. The quantitative estimate of drug-likeness (QED) is 0.575. The zero-order valence-electron chi connectivity index (χ0n) is 13.4. The highest BCUT2D eigenvalue weighted by atomic mass is 32.2. The third kappa shape index (κ3) is 3.34. The number of nitrogens with zero attached hydrogens (tertiary/aromatic N) is 3. The number of halogens is 6. The highest BCUT2D eigenvalue weighted by molar-refractivity contribution is 7.89. The van der Waals surface area contributed by atoms with Crippen molar-refractivity contribution in [2.75, 3.05) is 31.1 Å². The molecule has 0 aliphatic carbocycles. The first-order valence-electron chi connectivity index (χ1n) is 7.53. The maximum Gasteiger partial charge on any atom is 0.253 e. The Labute approximate surface area is 149 Å². The Morgan fingerprint density at radius 2 is 1.30 bits per heavy atom. The van der Waals surface area contributed by atoms with Crippen LogP contribution in [-0.4, -0.2) is 43.9 Å². The lowest BCUT2D eigenvalue weighted by Crippen LogP contribution is -2.49. The Morgan fingerprint density at radius 1 is 0.815 bits per heavy atom. The van der Waals surface area contributed by atoms with Gasteiger partial charge in [0.25, 0.3) is 11.9 Å². The number of hydrogen-bond acceptors (Lipinski definition) is 4. The molecule has 1 fully saturated rings. The number of benzene rings is 1. The molecule has 0 unspecified atom stereocenters. The minimum atomic E-state index is -4.56. The first kappa shape index (κ1) is 19.4. The van der Waals surface area contributed by atoms with Gasteiger partial charge >= 0.3 is 0 Å². The van der Waals surface area contributed by atoms with E-state index in [0.29, 0.717) is 4.31 Å². The van der Waals surface area contributed by atoms with Gasteiger partial charge in [0.15, 0.2) is 4.90 Å². The molecule has 0 amide bonds. The zero-order chi connectivity index (χ0) is 19.9. The maximum absolute atomic E-state index is 13.8. The number of pyridine rings is 1. The van der Waals surface area contributed by atoms with Crippen molar-refractivity contribution in [3.05, 3.63) is 53.4 Å². The van der Waals surface area contributed by atoms with E-state index in [0.717, 1.165) is 23.1 Å². The van der Waals surface area contributed by atoms with Gasteiger partial charge in [-0.15, -0.1) is 0 Å². The standard InChI is InChI=1S/C15H11F6N3O2S/c16-8-2-1-3-9(17)13(8)27(25,26)24-6-4-23(5-7-24)12-10(18)14(20)22-15(21)11(12)19/h1-3H,4-7H2. The van der Waals surface area contributed by atoms with E-state index in [1.165, 1.54) is 0 Å². The molecule has 0 radical (unpaired) electrons. The van der Waals surface area contributed by atoms with Crippen molar-refractivity contribution in [3.8, 4) is 0 Å². The normalized spacial score (nSPS) is 16.0. The predicted octanol–water partition coefficient (Wildman–Crippen LogP) is 2.43. The topological polar surface area (TPSA) is 53.5 Å². The summed E-state index contributed by atoms with van der Waals surface area (Å²) in [4.78, 5) is 2.19. The third-order valence-corrected chi connectivity index (χ3v) is 6.00. The summed E-state index contributed by atoms with van der Waals surface area (Å²) in [6.07, 6.45) is 0. The molecule has 0 N–H and O–H groups in total. The summed E-state index contributed by atoms with van der Waals surface area (Å²) in [6, 6.07) is 2.55. The Balaban J connectivity index is 1.86. The van der Waals surface area contributed by atoms with Crippen molar-refractivity contribution in [2.24, 2.45) is 0 Å². The molecule has 2 aromatic rings. The molecule has 2 heterocycles. The van der Waals surface area contributed by atoms with Crippen LogP contribution >= 0.6 is 0 Å². The molecule has 1 saturated heterocycles. The largest absolute Gasteiger partial charge is 0.364 e. The van der Waals surface area contributed by atoms with Crippen molar-refractivity contribution in [1.29, 1.82) is 0 Å². The van der Waals surface area contributed by atoms with Gasteiger partial charge < -0.3 is 4.90 Å². The fourth-order valence-corrected chi connectivity index (χ4v) is 4.30. The molecule has 1 aliphatic heterocycles. The lowest BCUT2D eigenvalue weighted by Gasteiger charge is -2.35. The Bertz CT molecular complexity index is 947. The molecule has 0 spiro atoms. The lowest BCUT2D eigenvalue weighted by atomic mass is 10.2. The molecule has 1 aromatic carbocycles. The minimum Gasteiger partial charge on any atom is -0.364 e. The number of hydrogen-bond donors (Lipinski definition) is 0. The van der Waals surface area contributed by atoms with Crippen LogP contribution in [0.25, 0.3) is 0 Å². The monoisotopic (exact) mass is 411 g/mol. The van der Waals surface area contributed by atoms with E-state index in [1.54, 1.807) is 0 Å². The highest BCUT2D eigenvalue weighted by Crippen LogP contribution is 2.29. The Kier molecular flexibility index (Phi) is 5.04. The van der Waals surface area contributed by atoms with Crippen LogP contribution < -0.4 is 4.90 Å². The van der Waals surface area contributed by atoms with Gasteiger partial charge in [-0.05, 0) is 12.1 Å². The molecule has 1 aromatic heterocycles. The fraction of sp³-hybridized carbons (Fsp3) is 0.267. The van der Waals surface area contributed by atoms with Crippen LogP contribution in [0, 0.1) is 35.2 Å². The van der Waals surface area contributed by atoms with Gasteiger partial charge in [-0.3, -0.25) is 0 Å². The number of anilines is 1. The molecule has 0 bridgehead atoms. The number of piperazine rings is 1. The minimum absolute atomic E-state index is 0.369. The molecule has 1 aliphatic rings. The number of rotatable bonds is 3. The van der Waals surface area contributed by atoms with Crippen LogP contribution in [0.4, 0.5) is 32.0 Å². The summed E-state index contributed by atoms with van der Waals surface area (Å²) >= 11 is 0. The van der Waals surface area contributed by atoms with Gasteiger partial charge in [0.05, 0.1) is 0 Å². The summed E-state index contributed by atoms with van der Waals surface area (Å²) in [5.41, 5.74) is -1.02. The van der Waals surface area contributed by atoms with Crippen LogP contribution in [0.1, 0.15) is 0 Å². The Hall–Kier alpha value is -2.34. The fourth-order valence-electron chi connectivity index (χ4n) is 2.76. The summed E-state index contributed by atoms with van der Waals surface area (Å²) in [7, 11) is -4.56. The van der Waals surface area contributed by atoms with E-state index in [1.807, 2.05) is 0 Å². The van der Waals surface area contributed by atoms with Crippen LogP contribution in [0.2, 0.25) is 0 Å². The second-order valence-electron chi connectivity index (χ2n) is 5.61. The molecular formula is C15H11F6N3O2S. The van der Waals surface area contributed by atoms with Crippen molar-refractivity contribution < 1.29 is 34.8 Å². The van der Waals surface area contributed by atoms with Crippen LogP contribution in [-0.2, 0) is 10.0 Å². The van der Waals surface area contributed by atoms with E-state index in [-0.39, 0.29) is 13.1 Å². The van der Waals surface area contributed by atoms with E-state index < -0.39 is 68.9 Å². The molecule has 146 valence electrons. The maximum atomic E-state index is 13.8. The second kappa shape index (κ2) is 7.00. The van der Waals surface area contributed by atoms with Gasteiger partial charge in [-0.2, -0.15) is 26.9 Å². The lowest BCUT2D eigenvalue weighted by molar-refractivity contribution is 0.365. The Morgan fingerprint density at radius 3 is 1.78 bits per heavy atom. The second-order valence-corrected chi connectivity index (χ2v) is 7.49. The van der Waals surface area contributed by atoms with Crippen molar-refractivity contribution in [1.82, 2.24) is 9.29 Å². The number of sulfonamides is 1. The summed E-state index contributed by atoms with van der Waals surface area (Å²) in [6.45, 7) is -1.57. The third-order valence-electron chi connectivity index (χ3n) is 4.05. The summed E-state index contributed by atoms with van der Waals surface area (Å²) in [5, 5.41) is 0. The van der Waals surface area contributed by atoms with Crippen LogP contribution in [0.5, 0.6) is 0 Å². The SMILES string of the molecule is O=S(=O)(c1c(F)cccc1F)N1CCN(c2c(F)c(F)nc(F)c2F)CC1. The van der Waals surface area contributed by atoms with Gasteiger partial charge in [0, 0.05) is 26.2 Å². The van der Waals surface area contributed by atoms with E-state index >= 15 is 0 Å². The average Bonchev–Trinajstić information content (AvgIpc) is 2.60. The van der Waals surface area contributed by atoms with Crippen LogP contribution in [0.15, 0.2) is 23.1 Å². The smallest absolute Gasteiger partial charge is 0.253 e. The van der Waals surface area contributed by atoms with E-state index in [4.69, 9.17) is 0 Å². The predicted molar refractivity (Wildman–Crippen MR) is 81.4 cm³/mol. The molecular weight excluding hydrogens is 400 g/mol. The molecule has 12 heteroatoms. The number of aromatic nitrogens is 1.